The third-order valence-electron chi connectivity index (χ3n) is 13.7. The molecule has 1 aromatic heterocycles. The number of primary sulfonamides is 1. The molecule has 0 saturated carbocycles. The van der Waals surface area contributed by atoms with Gasteiger partial charge < -0.3 is 15.1 Å². The second-order valence-corrected chi connectivity index (χ2v) is 26.2. The first-order valence-corrected chi connectivity index (χ1v) is 30.1. The lowest BCUT2D eigenvalue weighted by Crippen LogP contribution is -2.39. The Labute approximate surface area is 434 Å². The van der Waals surface area contributed by atoms with E-state index in [0.717, 1.165) is 6.07 Å². The second-order valence-electron chi connectivity index (χ2n) is 19.0. The van der Waals surface area contributed by atoms with Crippen molar-refractivity contribution < 1.29 is 65.1 Å². The first-order chi connectivity index (χ1) is 34.7. The predicted molar refractivity (Wildman–Crippen MR) is 281 cm³/mol. The van der Waals surface area contributed by atoms with E-state index in [1.165, 1.54) is 48.7 Å². The van der Waals surface area contributed by atoms with Crippen LogP contribution in [0, 0.1) is 0 Å². The van der Waals surface area contributed by atoms with Crippen LogP contribution in [0.25, 0.3) is 27.1 Å². The van der Waals surface area contributed by atoms with Crippen LogP contribution in [0.5, 0.6) is 0 Å². The Bertz CT molecular complexity index is 4080. The highest BCUT2D eigenvalue weighted by atomic mass is 32.2. The fourth-order valence-electron chi connectivity index (χ4n) is 10.3. The molecule has 0 aliphatic carbocycles. The van der Waals surface area contributed by atoms with Crippen LogP contribution in [0.1, 0.15) is 74.3 Å². The monoisotopic (exact) mass is 1120 g/mol. The Morgan fingerprint density at radius 1 is 0.667 bits per heavy atom. The Morgan fingerprint density at radius 3 is 1.69 bits per heavy atom. The number of carbonyl (C=O) groups excluding carboxylic acids is 1. The Balaban J connectivity index is 1.26. The fourth-order valence-corrected chi connectivity index (χ4v) is 13.4. The van der Waals surface area contributed by atoms with E-state index in [0.29, 0.717) is 70.3 Å². The third-order valence-corrected chi connectivity index (χ3v) is 18.1. The molecule has 5 aromatic carbocycles. The van der Waals surface area contributed by atoms with Gasteiger partial charge in [-0.25, -0.2) is 13.6 Å². The summed E-state index contributed by atoms with van der Waals surface area (Å²) in [6, 6.07) is 18.2. The minimum Gasteiger partial charge on any atom is -0.364 e. The molecule has 7 N–H and O–H groups in total. The van der Waals surface area contributed by atoms with Crippen molar-refractivity contribution in [1.82, 2.24) is 10.3 Å². The van der Waals surface area contributed by atoms with Gasteiger partial charge in [-0.2, -0.15) is 33.7 Å². The van der Waals surface area contributed by atoms with E-state index in [2.05, 4.69) is 10.3 Å². The van der Waals surface area contributed by atoms with Crippen molar-refractivity contribution >= 4 is 94.9 Å². The van der Waals surface area contributed by atoms with Crippen LogP contribution >= 0.6 is 0 Å². The molecule has 1 atom stereocenters. The number of hydrogen-bond acceptors (Lipinski definition) is 14. The van der Waals surface area contributed by atoms with E-state index in [1.807, 2.05) is 63.5 Å². The van der Waals surface area contributed by atoms with E-state index in [1.54, 1.807) is 36.4 Å². The maximum absolute atomic E-state index is 13.4. The molecule has 0 saturated heterocycles. The SMILES string of the molecule is CCN1C(=CC=C(/C=C/C2N(CC)c3ccc4c(S(=O)(=O)O)cc(S(=O)(=O)O)cc4c3C2(C)C)c2ccc(C(=O)NCc3ccc(S(N)(=O)=O)cc3)cn2)C(C)(C)c2c1ccc1c(S(=O)(=O)O)cc(S(=O)(=O)O)cc21. The Hall–Kier alpha value is -6.39. The van der Waals surface area contributed by atoms with Crippen molar-refractivity contribution in [2.45, 2.75) is 89.4 Å². The summed E-state index contributed by atoms with van der Waals surface area (Å²) in [6.45, 7) is 12.0. The van der Waals surface area contributed by atoms with E-state index >= 15 is 0 Å². The molecular formula is C50H51N5O15S5. The highest BCUT2D eigenvalue weighted by molar-refractivity contribution is 7.89. The zero-order valence-corrected chi connectivity index (χ0v) is 45.0. The number of anilines is 2. The number of carbonyl (C=O) groups is 1. The number of hydrogen-bond donors (Lipinski definition) is 6. The summed E-state index contributed by atoms with van der Waals surface area (Å²) in [5.74, 6) is -0.496. The number of benzene rings is 5. The minimum absolute atomic E-state index is 0.0123. The molecule has 0 radical (unpaired) electrons. The van der Waals surface area contributed by atoms with Gasteiger partial charge in [0, 0.05) is 64.5 Å². The number of aromatic nitrogens is 1. The Morgan fingerprint density at radius 2 is 1.21 bits per heavy atom. The number of nitrogens with zero attached hydrogens (tertiary/aromatic N) is 3. The quantitative estimate of drug-likeness (QED) is 0.0483. The maximum Gasteiger partial charge on any atom is 0.295 e. The molecule has 0 bridgehead atoms. The first kappa shape index (κ1) is 54.9. The number of nitrogens with two attached hydrogens (primary N) is 1. The molecular weight excluding hydrogens is 1070 g/mol. The van der Waals surface area contributed by atoms with Crippen LogP contribution in [-0.4, -0.2) is 90.3 Å². The fraction of sp³-hybridized carbons (Fsp3) is 0.240. The summed E-state index contributed by atoms with van der Waals surface area (Å²) in [7, 11) is -23.9. The Kier molecular flexibility index (Phi) is 13.9. The second kappa shape index (κ2) is 19.0. The molecule has 2 aliphatic rings. The molecule has 3 heterocycles. The largest absolute Gasteiger partial charge is 0.364 e. The number of nitrogens with one attached hydrogen (secondary N) is 1. The molecule has 2 aliphatic heterocycles. The zero-order chi connectivity index (χ0) is 55.2. The number of amides is 1. The number of rotatable bonds is 14. The smallest absolute Gasteiger partial charge is 0.295 e. The van der Waals surface area contributed by atoms with Gasteiger partial charge in [0.15, 0.2) is 0 Å². The van der Waals surface area contributed by atoms with Gasteiger partial charge in [-0.3, -0.25) is 28.0 Å². The minimum atomic E-state index is -5.00. The van der Waals surface area contributed by atoms with Crippen molar-refractivity contribution in [2.75, 3.05) is 22.9 Å². The maximum atomic E-state index is 13.4. The van der Waals surface area contributed by atoms with Crippen molar-refractivity contribution in [3.63, 3.8) is 0 Å². The summed E-state index contributed by atoms with van der Waals surface area (Å²) in [5, 5.41) is 8.33. The molecule has 1 unspecified atom stereocenters. The van der Waals surface area contributed by atoms with Crippen LogP contribution in [0.2, 0.25) is 0 Å². The van der Waals surface area contributed by atoms with Gasteiger partial charge in [-0.1, -0.05) is 70.2 Å². The average Bonchev–Trinajstić information content (AvgIpc) is 3.69. The highest BCUT2D eigenvalue weighted by Gasteiger charge is 2.45. The van der Waals surface area contributed by atoms with Crippen LogP contribution in [0.15, 0.2) is 146 Å². The summed E-state index contributed by atoms with van der Waals surface area (Å²) in [5.41, 5.74) is 2.53. The van der Waals surface area contributed by atoms with Crippen LogP contribution < -0.4 is 20.3 Å². The van der Waals surface area contributed by atoms with Crippen molar-refractivity contribution in [1.29, 1.82) is 0 Å². The van der Waals surface area contributed by atoms with E-state index in [9.17, 15) is 65.1 Å². The number of allylic oxidation sites excluding steroid dienone is 5. The van der Waals surface area contributed by atoms with Crippen LogP contribution in [0.4, 0.5) is 11.4 Å². The normalized spacial score (nSPS) is 17.6. The molecule has 20 nitrogen and oxygen atoms in total. The number of sulfonamides is 1. The molecule has 1 amide bonds. The summed E-state index contributed by atoms with van der Waals surface area (Å²) in [6.07, 6.45) is 8.61. The summed E-state index contributed by atoms with van der Waals surface area (Å²) >= 11 is 0. The van der Waals surface area contributed by atoms with Gasteiger partial charge in [0.25, 0.3) is 46.4 Å². The number of likely N-dealkylation sites (N-methyl/N-ethyl adjacent to an activating group) is 2. The predicted octanol–water partition coefficient (Wildman–Crippen LogP) is 6.78. The standard InChI is InChI=1S/C50H51N5O15S5/c1-7-54-40-19-16-35-37(23-33(72(59,60)61)25-42(35)74(65,66)67)46(40)49(3,4)44(54)21-12-30(39-18-11-31(28-52-39)48(56)53-27-29-9-14-32(15-10-29)71(51,57)58)13-22-45-50(5,6)47-38-24-34(73(62,63)64)26-43(75(68,69)70)36(38)17-20-41(47)55(45)8-2/h9-26,28,44H,7-8,27H2,1-6H3,(H,53,56)(H2,51,57,58)(H,59,60,61)(H,62,63,64)(H,65,66,67)(H,68,69,70)/b21-12+,30-13?,45-22?. The molecule has 8 rings (SSSR count). The highest BCUT2D eigenvalue weighted by Crippen LogP contribution is 2.53. The van der Waals surface area contributed by atoms with Crippen molar-refractivity contribution in [2.24, 2.45) is 5.14 Å². The van der Waals surface area contributed by atoms with Crippen LogP contribution in [0.3, 0.4) is 0 Å². The van der Waals surface area contributed by atoms with Gasteiger partial charge in [-0.15, -0.1) is 0 Å². The molecule has 396 valence electrons. The molecule has 0 fully saturated rings. The summed E-state index contributed by atoms with van der Waals surface area (Å²) < 4.78 is 165. The van der Waals surface area contributed by atoms with E-state index < -0.39 is 92.9 Å². The van der Waals surface area contributed by atoms with Crippen molar-refractivity contribution in [3.05, 3.63) is 149 Å². The third kappa shape index (κ3) is 10.2. The van der Waals surface area contributed by atoms with Gasteiger partial charge in [-0.05, 0) is 114 Å². The van der Waals surface area contributed by atoms with Gasteiger partial charge in [0.1, 0.15) is 9.79 Å². The first-order valence-electron chi connectivity index (χ1n) is 22.8. The van der Waals surface area contributed by atoms with Gasteiger partial charge >= 0.3 is 0 Å². The zero-order valence-electron chi connectivity index (χ0n) is 40.9. The van der Waals surface area contributed by atoms with Gasteiger partial charge in [0.2, 0.25) is 10.0 Å². The summed E-state index contributed by atoms with van der Waals surface area (Å²) in [4.78, 5) is 19.0. The average molecular weight is 1120 g/mol. The topological polar surface area (TPSA) is 326 Å². The van der Waals surface area contributed by atoms with E-state index in [-0.39, 0.29) is 38.5 Å². The lowest BCUT2D eigenvalue weighted by molar-refractivity contribution is 0.0950. The molecule has 75 heavy (non-hydrogen) atoms. The molecule has 25 heteroatoms. The van der Waals surface area contributed by atoms with Gasteiger partial charge in [0.05, 0.1) is 32.0 Å². The van der Waals surface area contributed by atoms with Crippen LogP contribution in [-0.2, 0) is 67.9 Å². The lowest BCUT2D eigenvalue weighted by Gasteiger charge is -2.32. The number of pyridine rings is 1. The molecule has 6 aromatic rings. The van der Waals surface area contributed by atoms with E-state index in [4.69, 9.17) is 5.14 Å². The molecule has 0 spiro atoms. The van der Waals surface area contributed by atoms with Crippen molar-refractivity contribution in [3.8, 4) is 0 Å². The lowest BCUT2D eigenvalue weighted by atomic mass is 9.78. The number of fused-ring (bicyclic) bond motifs is 6.